The number of benzene rings is 2. The second kappa shape index (κ2) is 9.71. The van der Waals surface area contributed by atoms with Gasteiger partial charge >= 0.3 is 0 Å². The summed E-state index contributed by atoms with van der Waals surface area (Å²) in [4.78, 5) is 12.6. The van der Waals surface area contributed by atoms with Gasteiger partial charge in [-0.2, -0.15) is 0 Å². The Balaban J connectivity index is 1.56. The lowest BCUT2D eigenvalue weighted by atomic mass is 10.1. The third-order valence-electron chi connectivity index (χ3n) is 4.26. The number of anilines is 1. The van der Waals surface area contributed by atoms with Gasteiger partial charge in [0, 0.05) is 5.75 Å². The van der Waals surface area contributed by atoms with Crippen molar-refractivity contribution in [2.45, 2.75) is 43.4 Å². The maximum atomic E-state index is 12.6. The van der Waals surface area contributed by atoms with E-state index in [-0.39, 0.29) is 5.91 Å². The van der Waals surface area contributed by atoms with Crippen LogP contribution in [0, 0.1) is 13.8 Å². The first-order valence-corrected chi connectivity index (χ1v) is 10.9. The normalized spacial score (nSPS) is 11.8. The molecule has 0 aliphatic rings. The molecule has 0 saturated carbocycles. The number of carbonyl (C=O) groups is 1. The standard InChI is InChI=1S/C21H23N3O2S2/c1-4-18(26-17-11-10-14(2)15(3)12-17)19(25)22-20-23-24-21(28-20)27-13-16-8-6-5-7-9-16/h5-12,18H,4,13H2,1-3H3,(H,22,23,25)/t18-/m0/s1. The molecule has 2 aromatic carbocycles. The Morgan fingerprint density at radius 1 is 1.14 bits per heavy atom. The number of thioether (sulfide) groups is 1. The fourth-order valence-corrected chi connectivity index (χ4v) is 4.21. The number of carbonyl (C=O) groups excluding carboxylic acids is 1. The fourth-order valence-electron chi connectivity index (χ4n) is 2.50. The van der Waals surface area contributed by atoms with Crippen LogP contribution < -0.4 is 10.1 Å². The average molecular weight is 414 g/mol. The van der Waals surface area contributed by atoms with E-state index >= 15 is 0 Å². The smallest absolute Gasteiger partial charge is 0.267 e. The largest absolute Gasteiger partial charge is 0.481 e. The molecule has 0 spiro atoms. The van der Waals surface area contributed by atoms with Gasteiger partial charge in [0.2, 0.25) is 5.13 Å². The van der Waals surface area contributed by atoms with Gasteiger partial charge in [-0.15, -0.1) is 10.2 Å². The molecule has 0 aliphatic carbocycles. The minimum atomic E-state index is -0.577. The number of amides is 1. The van der Waals surface area contributed by atoms with Gasteiger partial charge in [0.1, 0.15) is 5.75 Å². The van der Waals surface area contributed by atoms with E-state index in [4.69, 9.17) is 4.74 Å². The SMILES string of the molecule is CC[C@H](Oc1ccc(C)c(C)c1)C(=O)Nc1nnc(SCc2ccccc2)s1. The minimum Gasteiger partial charge on any atom is -0.481 e. The number of hydrogen-bond acceptors (Lipinski definition) is 6. The van der Waals surface area contributed by atoms with Crippen molar-refractivity contribution in [2.24, 2.45) is 0 Å². The topological polar surface area (TPSA) is 64.1 Å². The summed E-state index contributed by atoms with van der Waals surface area (Å²) in [7, 11) is 0. The van der Waals surface area contributed by atoms with Gasteiger partial charge in [-0.3, -0.25) is 10.1 Å². The molecular formula is C21H23N3O2S2. The Kier molecular flexibility index (Phi) is 7.06. The highest BCUT2D eigenvalue weighted by atomic mass is 32.2. The predicted molar refractivity (Wildman–Crippen MR) is 115 cm³/mol. The number of ether oxygens (including phenoxy) is 1. The first-order chi connectivity index (χ1) is 13.5. The molecule has 5 nitrogen and oxygen atoms in total. The first kappa shape index (κ1) is 20.4. The number of aromatic nitrogens is 2. The van der Waals surface area contributed by atoms with Crippen molar-refractivity contribution in [2.75, 3.05) is 5.32 Å². The molecule has 7 heteroatoms. The monoisotopic (exact) mass is 413 g/mol. The molecule has 3 aromatic rings. The van der Waals surface area contributed by atoms with Crippen LogP contribution in [0.5, 0.6) is 5.75 Å². The summed E-state index contributed by atoms with van der Waals surface area (Å²) < 4.78 is 6.71. The molecule has 0 aliphatic heterocycles. The number of rotatable bonds is 8. The maximum absolute atomic E-state index is 12.6. The predicted octanol–water partition coefficient (Wildman–Crippen LogP) is 5.24. The van der Waals surface area contributed by atoms with Gasteiger partial charge < -0.3 is 4.74 Å². The highest BCUT2D eigenvalue weighted by Crippen LogP contribution is 2.28. The lowest BCUT2D eigenvalue weighted by Gasteiger charge is -2.17. The molecule has 1 aromatic heterocycles. The molecule has 3 rings (SSSR count). The van der Waals surface area contributed by atoms with Crippen LogP contribution in [0.2, 0.25) is 0 Å². The third-order valence-corrected chi connectivity index (χ3v) is 6.30. The summed E-state index contributed by atoms with van der Waals surface area (Å²) in [5, 5.41) is 11.5. The van der Waals surface area contributed by atoms with Crippen molar-refractivity contribution in [1.29, 1.82) is 0 Å². The molecule has 1 atom stereocenters. The molecule has 1 heterocycles. The van der Waals surface area contributed by atoms with Crippen LogP contribution in [0.25, 0.3) is 0 Å². The molecule has 0 bridgehead atoms. The summed E-state index contributed by atoms with van der Waals surface area (Å²) >= 11 is 2.98. The maximum Gasteiger partial charge on any atom is 0.267 e. The van der Waals surface area contributed by atoms with Crippen LogP contribution in [-0.2, 0) is 10.5 Å². The van der Waals surface area contributed by atoms with E-state index in [0.29, 0.717) is 17.3 Å². The molecule has 0 fully saturated rings. The van der Waals surface area contributed by atoms with E-state index < -0.39 is 6.10 Å². The van der Waals surface area contributed by atoms with Crippen LogP contribution in [0.4, 0.5) is 5.13 Å². The quantitative estimate of drug-likeness (QED) is 0.404. The van der Waals surface area contributed by atoms with Gasteiger partial charge in [0.05, 0.1) is 0 Å². The molecular weight excluding hydrogens is 390 g/mol. The van der Waals surface area contributed by atoms with Crippen molar-refractivity contribution >= 4 is 34.1 Å². The molecule has 1 amide bonds. The van der Waals surface area contributed by atoms with Gasteiger partial charge in [-0.1, -0.05) is 66.4 Å². The summed E-state index contributed by atoms with van der Waals surface area (Å²) in [6.45, 7) is 6.00. The number of hydrogen-bond donors (Lipinski definition) is 1. The lowest BCUT2D eigenvalue weighted by molar-refractivity contribution is -0.122. The second-order valence-corrected chi connectivity index (χ2v) is 8.60. The number of nitrogens with zero attached hydrogens (tertiary/aromatic N) is 2. The van der Waals surface area contributed by atoms with Crippen molar-refractivity contribution in [3.8, 4) is 5.75 Å². The van der Waals surface area contributed by atoms with Crippen LogP contribution in [0.15, 0.2) is 52.9 Å². The summed E-state index contributed by atoms with van der Waals surface area (Å²) in [6, 6.07) is 16.0. The third kappa shape index (κ3) is 5.56. The van der Waals surface area contributed by atoms with Crippen molar-refractivity contribution in [1.82, 2.24) is 10.2 Å². The summed E-state index contributed by atoms with van der Waals surface area (Å²) in [5.74, 6) is 1.30. The van der Waals surface area contributed by atoms with Crippen molar-refractivity contribution < 1.29 is 9.53 Å². The van der Waals surface area contributed by atoms with Gasteiger partial charge in [0.25, 0.3) is 5.91 Å². The van der Waals surface area contributed by atoms with Crippen LogP contribution in [-0.4, -0.2) is 22.2 Å². The minimum absolute atomic E-state index is 0.212. The molecule has 0 radical (unpaired) electrons. The van der Waals surface area contributed by atoms with Gasteiger partial charge in [-0.05, 0) is 49.1 Å². The van der Waals surface area contributed by atoms with E-state index in [2.05, 4.69) is 27.6 Å². The van der Waals surface area contributed by atoms with Gasteiger partial charge in [0.15, 0.2) is 10.4 Å². The first-order valence-electron chi connectivity index (χ1n) is 9.10. The van der Waals surface area contributed by atoms with E-state index in [1.807, 2.05) is 57.2 Å². The van der Waals surface area contributed by atoms with Crippen LogP contribution in [0.3, 0.4) is 0 Å². The van der Waals surface area contributed by atoms with E-state index in [1.165, 1.54) is 22.5 Å². The summed E-state index contributed by atoms with van der Waals surface area (Å²) in [6.07, 6.45) is -0.0147. The van der Waals surface area contributed by atoms with E-state index in [9.17, 15) is 4.79 Å². The Hall–Kier alpha value is -2.38. The Bertz CT molecular complexity index is 928. The van der Waals surface area contributed by atoms with E-state index in [1.54, 1.807) is 11.8 Å². The Morgan fingerprint density at radius 2 is 1.93 bits per heavy atom. The van der Waals surface area contributed by atoms with Crippen molar-refractivity contribution in [3.63, 3.8) is 0 Å². The van der Waals surface area contributed by atoms with Crippen molar-refractivity contribution in [3.05, 3.63) is 65.2 Å². The summed E-state index contributed by atoms with van der Waals surface area (Å²) in [5.41, 5.74) is 3.55. The lowest BCUT2D eigenvalue weighted by Crippen LogP contribution is -2.32. The average Bonchev–Trinajstić information content (AvgIpc) is 3.15. The zero-order valence-corrected chi connectivity index (χ0v) is 17.8. The highest BCUT2D eigenvalue weighted by molar-refractivity contribution is 8.00. The highest BCUT2D eigenvalue weighted by Gasteiger charge is 2.20. The molecule has 146 valence electrons. The molecule has 0 saturated heterocycles. The van der Waals surface area contributed by atoms with Crippen LogP contribution >= 0.6 is 23.1 Å². The zero-order chi connectivity index (χ0) is 19.9. The molecule has 0 unspecified atom stereocenters. The molecule has 1 N–H and O–H groups in total. The van der Waals surface area contributed by atoms with Crippen LogP contribution in [0.1, 0.15) is 30.0 Å². The fraction of sp³-hybridized carbons (Fsp3) is 0.286. The number of nitrogens with one attached hydrogen (secondary N) is 1. The second-order valence-electron chi connectivity index (χ2n) is 6.40. The Labute approximate surface area is 173 Å². The molecule has 28 heavy (non-hydrogen) atoms. The zero-order valence-electron chi connectivity index (χ0n) is 16.1. The van der Waals surface area contributed by atoms with Gasteiger partial charge in [-0.25, -0.2) is 0 Å². The number of aryl methyl sites for hydroxylation is 2. The Morgan fingerprint density at radius 3 is 2.64 bits per heavy atom. The van der Waals surface area contributed by atoms with E-state index in [0.717, 1.165) is 15.7 Å².